The van der Waals surface area contributed by atoms with E-state index in [9.17, 15) is 0 Å². The highest BCUT2D eigenvalue weighted by Gasteiger charge is 1.90. The molecule has 0 nitrogen and oxygen atoms in total. The Morgan fingerprint density at radius 3 is 2.08 bits per heavy atom. The second-order valence-corrected chi connectivity index (χ2v) is 3.89. The van der Waals surface area contributed by atoms with Gasteiger partial charge < -0.3 is 0 Å². The van der Waals surface area contributed by atoms with Crippen molar-refractivity contribution in [1.82, 2.24) is 0 Å². The summed E-state index contributed by atoms with van der Waals surface area (Å²) in [6, 6.07) is 0. The van der Waals surface area contributed by atoms with Gasteiger partial charge in [0.2, 0.25) is 0 Å². The Bertz CT molecular complexity index is 100. The molecule has 72 valence electrons. The Kier molecular flexibility index (Phi) is 16.8. The van der Waals surface area contributed by atoms with Crippen LogP contribution in [0.1, 0.15) is 45.4 Å². The van der Waals surface area contributed by atoms with Crippen molar-refractivity contribution < 1.29 is 0 Å². The van der Waals surface area contributed by atoms with Gasteiger partial charge in [-0.1, -0.05) is 44.8 Å². The smallest absolute Gasteiger partial charge is 0.0448 e. The quantitative estimate of drug-likeness (QED) is 0.289. The van der Waals surface area contributed by atoms with Gasteiger partial charge in [-0.25, -0.2) is 0 Å². The fourth-order valence-electron chi connectivity index (χ4n) is 0.880. The van der Waals surface area contributed by atoms with E-state index < -0.39 is 0 Å². The lowest BCUT2D eigenvalue weighted by Gasteiger charge is -1.96. The minimum Gasteiger partial charge on any atom is -0.136 e. The summed E-state index contributed by atoms with van der Waals surface area (Å²) in [6.45, 7) is 8.23. The summed E-state index contributed by atoms with van der Waals surface area (Å²) in [5.74, 6) is 0. The summed E-state index contributed by atoms with van der Waals surface area (Å²) in [5.41, 5.74) is 0. The Balaban J connectivity index is 0. The van der Waals surface area contributed by atoms with Crippen LogP contribution >= 0.6 is 24.8 Å². The topological polar surface area (TPSA) is 0 Å². The number of rotatable bonds is 6. The molecule has 0 aliphatic carbocycles. The van der Waals surface area contributed by atoms with Gasteiger partial charge in [-0.15, -0.1) is 25.8 Å². The predicted molar refractivity (Wildman–Crippen MR) is 66.2 cm³/mol. The van der Waals surface area contributed by atoms with Crippen LogP contribution in [-0.4, -0.2) is 4.20 Å². The first-order chi connectivity index (χ1) is 5.77. The zero-order valence-corrected chi connectivity index (χ0v) is 9.72. The maximum atomic E-state index is 4.84. The molecule has 0 bridgehead atoms. The Hall–Kier alpha value is 0.180. The molecule has 0 aliphatic rings. The number of hydrogen-bond donors (Lipinski definition) is 1. The van der Waals surface area contributed by atoms with Crippen LogP contribution in [0.4, 0.5) is 0 Å². The van der Waals surface area contributed by atoms with Crippen LogP contribution < -0.4 is 0 Å². The third-order valence-corrected chi connectivity index (χ3v) is 1.92. The third-order valence-electron chi connectivity index (χ3n) is 1.49. The zero-order valence-electron chi connectivity index (χ0n) is 8.01. The molecule has 0 saturated heterocycles. The summed E-state index contributed by atoms with van der Waals surface area (Å²) < 4.78 is 0.858. The van der Waals surface area contributed by atoms with Crippen LogP contribution in [0.25, 0.3) is 0 Å². The van der Waals surface area contributed by atoms with Crippen LogP contribution in [0.15, 0.2) is 13.2 Å². The van der Waals surface area contributed by atoms with Crippen molar-refractivity contribution in [3.8, 4) is 0 Å². The van der Waals surface area contributed by atoms with Gasteiger partial charge in [0.1, 0.15) is 0 Å². The molecule has 0 heterocycles. The maximum Gasteiger partial charge on any atom is 0.0448 e. The Labute approximate surface area is 87.9 Å². The Morgan fingerprint density at radius 1 is 1.17 bits per heavy atom. The number of thiocarbonyl (C=S) groups is 1. The second kappa shape index (κ2) is 13.7. The number of thiol groups is 1. The number of unbranched alkanes of at least 4 members (excludes halogenated alkanes) is 4. The summed E-state index contributed by atoms with van der Waals surface area (Å²) in [4.78, 5) is 0. The second-order valence-electron chi connectivity index (χ2n) is 2.56. The molecule has 0 saturated carbocycles. The highest BCUT2D eigenvalue weighted by molar-refractivity contribution is 8.11. The lowest BCUT2D eigenvalue weighted by Crippen LogP contribution is -1.83. The van der Waals surface area contributed by atoms with E-state index in [0.717, 1.165) is 10.6 Å². The van der Waals surface area contributed by atoms with Gasteiger partial charge in [-0.05, 0) is 12.8 Å². The molecule has 0 fully saturated rings. The van der Waals surface area contributed by atoms with Gasteiger partial charge >= 0.3 is 0 Å². The first-order valence-corrected chi connectivity index (χ1v) is 5.34. The molecule has 0 atom stereocenters. The molecule has 0 unspecified atom stereocenters. The molecule has 0 N–H and O–H groups in total. The minimum absolute atomic E-state index is 0.858. The summed E-state index contributed by atoms with van der Waals surface area (Å²) in [5, 5.41) is 0. The third kappa shape index (κ3) is 16.6. The van der Waals surface area contributed by atoms with Crippen molar-refractivity contribution in [3.05, 3.63) is 13.2 Å². The minimum atomic E-state index is 0.858. The van der Waals surface area contributed by atoms with E-state index in [1.165, 1.54) is 32.1 Å². The van der Waals surface area contributed by atoms with Gasteiger partial charge in [-0.3, -0.25) is 0 Å². The largest absolute Gasteiger partial charge is 0.136 e. The lowest BCUT2D eigenvalue weighted by atomic mass is 10.1. The fourth-order valence-corrected chi connectivity index (χ4v) is 1.18. The van der Waals surface area contributed by atoms with Crippen LogP contribution in [0.3, 0.4) is 0 Å². The molecule has 0 rings (SSSR count). The molecule has 0 aliphatic heterocycles. The van der Waals surface area contributed by atoms with Gasteiger partial charge in [0.25, 0.3) is 0 Å². The molecule has 2 heteroatoms. The molecule has 0 amide bonds. The van der Waals surface area contributed by atoms with E-state index in [4.69, 9.17) is 12.2 Å². The van der Waals surface area contributed by atoms with E-state index >= 15 is 0 Å². The van der Waals surface area contributed by atoms with Crippen LogP contribution in [0, 0.1) is 0 Å². The lowest BCUT2D eigenvalue weighted by molar-refractivity contribution is 0.645. The van der Waals surface area contributed by atoms with Crippen molar-refractivity contribution in [2.24, 2.45) is 0 Å². The summed E-state index contributed by atoms with van der Waals surface area (Å²) >= 11 is 8.89. The fraction of sp³-hybridized carbons (Fsp3) is 0.700. The molecule has 0 aromatic rings. The summed E-state index contributed by atoms with van der Waals surface area (Å²) in [6.07, 6.45) is 7.58. The molecular formula is C10H20S2. The van der Waals surface area contributed by atoms with Crippen LogP contribution in [-0.2, 0) is 0 Å². The van der Waals surface area contributed by atoms with Crippen molar-refractivity contribution >= 4 is 29.0 Å². The van der Waals surface area contributed by atoms with E-state index in [0.29, 0.717) is 0 Å². The van der Waals surface area contributed by atoms with E-state index in [2.05, 4.69) is 32.7 Å². The molecule has 0 aromatic heterocycles. The first-order valence-electron chi connectivity index (χ1n) is 4.49. The monoisotopic (exact) mass is 204 g/mol. The normalized spacial score (nSPS) is 8.50. The van der Waals surface area contributed by atoms with Crippen molar-refractivity contribution in [2.45, 2.75) is 45.4 Å². The molecule has 12 heavy (non-hydrogen) atoms. The van der Waals surface area contributed by atoms with Crippen molar-refractivity contribution in [2.75, 3.05) is 0 Å². The Morgan fingerprint density at radius 2 is 1.67 bits per heavy atom. The highest BCUT2D eigenvalue weighted by Crippen LogP contribution is 2.06. The molecule has 0 spiro atoms. The van der Waals surface area contributed by atoms with Gasteiger partial charge in [0, 0.05) is 4.20 Å². The average molecular weight is 204 g/mol. The molecule has 0 radical (unpaired) electrons. The van der Waals surface area contributed by atoms with Gasteiger partial charge in [-0.2, -0.15) is 0 Å². The maximum absolute atomic E-state index is 4.84. The van der Waals surface area contributed by atoms with E-state index in [-0.39, 0.29) is 0 Å². The van der Waals surface area contributed by atoms with Crippen molar-refractivity contribution in [1.29, 1.82) is 0 Å². The van der Waals surface area contributed by atoms with E-state index in [1.807, 2.05) is 0 Å². The van der Waals surface area contributed by atoms with Crippen LogP contribution in [0.2, 0.25) is 0 Å². The molecule has 0 aromatic carbocycles. The van der Waals surface area contributed by atoms with Crippen LogP contribution in [0.5, 0.6) is 0 Å². The summed E-state index contributed by atoms with van der Waals surface area (Å²) in [7, 11) is 0. The first kappa shape index (κ1) is 14.7. The van der Waals surface area contributed by atoms with Gasteiger partial charge in [0.15, 0.2) is 0 Å². The zero-order chi connectivity index (χ0) is 9.82. The predicted octanol–water partition coefficient (Wildman–Crippen LogP) is 4.41. The standard InChI is InChI=1S/C8H16S2.C2H4/c1-2-3-4-5-6-7-8(9)10;1-2/h2-7H2,1H3,(H,9,10);1-2H2. The SMILES string of the molecule is C=C.CCCCCCCC(=S)S. The average Bonchev–Trinajstić information content (AvgIpc) is 2.07. The van der Waals surface area contributed by atoms with Crippen molar-refractivity contribution in [3.63, 3.8) is 0 Å². The van der Waals surface area contributed by atoms with E-state index in [1.54, 1.807) is 0 Å². The van der Waals surface area contributed by atoms with Gasteiger partial charge in [0.05, 0.1) is 0 Å². The highest BCUT2D eigenvalue weighted by atomic mass is 32.1. The number of hydrogen-bond acceptors (Lipinski definition) is 1. The molecular weight excluding hydrogens is 184 g/mol.